The third-order valence-electron chi connectivity index (χ3n) is 5.82. The van der Waals surface area contributed by atoms with Crippen molar-refractivity contribution in [2.24, 2.45) is 5.10 Å². The lowest BCUT2D eigenvalue weighted by Gasteiger charge is -2.25. The molecule has 2 aromatic rings. The number of carbonyl (C=O) groups is 2. The number of nitrogens with zero attached hydrogens (tertiary/aromatic N) is 1. The molecular weight excluding hydrogens is 471 g/mol. The van der Waals surface area contributed by atoms with Gasteiger partial charge in [-0.15, -0.1) is 0 Å². The number of alkyl halides is 3. The zero-order valence-electron chi connectivity index (χ0n) is 19.3. The highest BCUT2D eigenvalue weighted by atomic mass is 19.4. The minimum Gasteiger partial charge on any atom is -0.344 e. The topological polar surface area (TPSA) is 82.6 Å². The summed E-state index contributed by atoms with van der Waals surface area (Å²) < 4.78 is 66.7. The van der Waals surface area contributed by atoms with Crippen LogP contribution in [0.15, 0.2) is 47.6 Å². The fraction of sp³-hybridized carbons (Fsp3) is 0.375. The van der Waals surface area contributed by atoms with E-state index >= 15 is 0 Å². The second kappa shape index (κ2) is 10.0. The van der Waals surface area contributed by atoms with E-state index in [-0.39, 0.29) is 12.0 Å². The summed E-state index contributed by atoms with van der Waals surface area (Å²) in [7, 11) is 0. The lowest BCUT2D eigenvalue weighted by Crippen LogP contribution is -2.51. The van der Waals surface area contributed by atoms with E-state index in [1.165, 1.54) is 37.3 Å². The Kier molecular flexibility index (Phi) is 7.47. The molecule has 1 unspecified atom stereocenters. The number of rotatable bonds is 7. The van der Waals surface area contributed by atoms with Gasteiger partial charge in [-0.05, 0) is 36.2 Å². The number of halogens is 5. The molecule has 0 radical (unpaired) electrons. The second-order valence-corrected chi connectivity index (χ2v) is 8.86. The highest BCUT2D eigenvalue weighted by Crippen LogP contribution is 2.32. The third kappa shape index (κ3) is 6.34. The molecule has 0 aromatic heterocycles. The van der Waals surface area contributed by atoms with Crippen LogP contribution in [-0.2, 0) is 27.6 Å². The number of hydrazone groups is 1. The van der Waals surface area contributed by atoms with E-state index in [1.807, 2.05) is 0 Å². The van der Waals surface area contributed by atoms with E-state index in [4.69, 9.17) is 0 Å². The summed E-state index contributed by atoms with van der Waals surface area (Å²) in [4.78, 5) is 24.8. The molecule has 1 aliphatic heterocycles. The summed E-state index contributed by atoms with van der Waals surface area (Å²) in [5.41, 5.74) is 1.73. The van der Waals surface area contributed by atoms with Crippen molar-refractivity contribution >= 4 is 17.5 Å². The third-order valence-corrected chi connectivity index (χ3v) is 5.82. The number of amides is 2. The van der Waals surface area contributed by atoms with Crippen LogP contribution in [0.25, 0.3) is 0 Å². The monoisotopic (exact) mass is 496 g/mol. The first kappa shape index (κ1) is 26.1. The molecule has 2 amide bonds. The molecule has 2 aromatic carbocycles. The van der Waals surface area contributed by atoms with Crippen LogP contribution in [0.5, 0.6) is 0 Å². The largest absolute Gasteiger partial charge is 0.416 e. The zero-order valence-corrected chi connectivity index (χ0v) is 19.3. The molecule has 11 heteroatoms. The van der Waals surface area contributed by atoms with E-state index in [2.05, 4.69) is 21.2 Å². The van der Waals surface area contributed by atoms with Gasteiger partial charge >= 0.3 is 6.18 Å². The van der Waals surface area contributed by atoms with Crippen molar-refractivity contribution in [3.63, 3.8) is 0 Å². The Morgan fingerprint density at radius 3 is 2.37 bits per heavy atom. The predicted molar refractivity (Wildman–Crippen MR) is 119 cm³/mol. The molecule has 3 N–H and O–H groups in total. The van der Waals surface area contributed by atoms with Gasteiger partial charge in [-0.3, -0.25) is 15.0 Å². The van der Waals surface area contributed by atoms with E-state index < -0.39 is 59.2 Å². The Morgan fingerprint density at radius 1 is 1.11 bits per heavy atom. The van der Waals surface area contributed by atoms with Gasteiger partial charge in [0.15, 0.2) is 0 Å². The first-order valence-electron chi connectivity index (χ1n) is 10.8. The minimum absolute atomic E-state index is 0.198. The molecule has 188 valence electrons. The maximum atomic E-state index is 13.7. The normalized spacial score (nSPS) is 16.8. The minimum atomic E-state index is -4.60. The highest BCUT2D eigenvalue weighted by Gasteiger charge is 2.35. The van der Waals surface area contributed by atoms with Gasteiger partial charge in [0.05, 0.1) is 17.7 Å². The van der Waals surface area contributed by atoms with Crippen LogP contribution in [0.3, 0.4) is 0 Å². The Bertz CT molecular complexity index is 1130. The number of carbonyl (C=O) groups excluding carboxylic acids is 2. The van der Waals surface area contributed by atoms with Crippen molar-refractivity contribution in [2.45, 2.75) is 57.4 Å². The van der Waals surface area contributed by atoms with Crippen LogP contribution in [0, 0.1) is 11.6 Å². The summed E-state index contributed by atoms with van der Waals surface area (Å²) in [5.74, 6) is -2.75. The van der Waals surface area contributed by atoms with Gasteiger partial charge in [-0.1, -0.05) is 32.0 Å². The summed E-state index contributed by atoms with van der Waals surface area (Å²) in [5, 5.41) is 9.25. The second-order valence-electron chi connectivity index (χ2n) is 8.86. The van der Waals surface area contributed by atoms with Crippen molar-refractivity contribution in [3.05, 3.63) is 70.8 Å². The van der Waals surface area contributed by atoms with Crippen molar-refractivity contribution < 1.29 is 31.5 Å². The summed E-state index contributed by atoms with van der Waals surface area (Å²) in [6.07, 6.45) is -5.55. The van der Waals surface area contributed by atoms with Crippen LogP contribution >= 0.6 is 0 Å². The van der Waals surface area contributed by atoms with E-state index in [0.717, 1.165) is 12.1 Å². The van der Waals surface area contributed by atoms with Gasteiger partial charge in [0.2, 0.25) is 11.8 Å². The zero-order chi connectivity index (χ0) is 26.0. The molecule has 0 aliphatic carbocycles. The molecule has 0 bridgehead atoms. The number of hydrogen-bond donors (Lipinski definition) is 3. The van der Waals surface area contributed by atoms with Gasteiger partial charge in [-0.25, -0.2) is 8.78 Å². The maximum absolute atomic E-state index is 13.7. The molecule has 0 spiro atoms. The lowest BCUT2D eigenvalue weighted by molar-refractivity contribution is -0.138. The SMILES string of the molecule is C[C@H](NC(=O)Cc1ccccc1C(F)(F)F)C(=O)NC1CC(C(C)(C)c2cc(F)cc(F)c2)=NN1. The molecule has 1 heterocycles. The van der Waals surface area contributed by atoms with Crippen molar-refractivity contribution in [2.75, 3.05) is 0 Å². The number of hydrogen-bond acceptors (Lipinski definition) is 4. The molecule has 2 atom stereocenters. The van der Waals surface area contributed by atoms with Crippen LogP contribution in [0.2, 0.25) is 0 Å². The quantitative estimate of drug-likeness (QED) is 0.510. The molecular formula is C24H25F5N4O2. The molecule has 6 nitrogen and oxygen atoms in total. The molecule has 0 fully saturated rings. The van der Waals surface area contributed by atoms with E-state index in [0.29, 0.717) is 11.3 Å². The average Bonchev–Trinajstić information content (AvgIpc) is 3.22. The predicted octanol–water partition coefficient (Wildman–Crippen LogP) is 3.80. The first-order valence-corrected chi connectivity index (χ1v) is 10.8. The highest BCUT2D eigenvalue weighted by molar-refractivity contribution is 5.96. The fourth-order valence-electron chi connectivity index (χ4n) is 3.78. The Balaban J connectivity index is 1.56. The Labute approximate surface area is 199 Å². The average molecular weight is 496 g/mol. The standard InChI is InChI=1S/C24H25F5N4O2/c1-13(30-21(34)8-14-6-4-5-7-18(14)24(27,28)29)22(35)31-20-12-19(32-33-20)23(2,3)15-9-16(25)11-17(26)10-15/h4-7,9-11,13,20,33H,8,12H2,1-3H3,(H,30,34)(H,31,35)/t13-,20?/m0/s1. The van der Waals surface area contributed by atoms with E-state index in [1.54, 1.807) is 13.8 Å². The first-order chi connectivity index (χ1) is 16.3. The molecule has 0 saturated heterocycles. The summed E-state index contributed by atoms with van der Waals surface area (Å²) in [6.45, 7) is 4.89. The molecule has 3 rings (SSSR count). The van der Waals surface area contributed by atoms with Crippen molar-refractivity contribution in [1.82, 2.24) is 16.1 Å². The number of benzene rings is 2. The molecule has 1 aliphatic rings. The van der Waals surface area contributed by atoms with Crippen LogP contribution in [0.4, 0.5) is 22.0 Å². The van der Waals surface area contributed by atoms with Gasteiger partial charge < -0.3 is 10.6 Å². The van der Waals surface area contributed by atoms with Gasteiger partial charge in [0.1, 0.15) is 23.8 Å². The van der Waals surface area contributed by atoms with Gasteiger partial charge in [0.25, 0.3) is 0 Å². The molecule has 35 heavy (non-hydrogen) atoms. The summed E-state index contributed by atoms with van der Waals surface area (Å²) in [6, 6.07) is 6.90. The smallest absolute Gasteiger partial charge is 0.344 e. The lowest BCUT2D eigenvalue weighted by atomic mass is 9.78. The summed E-state index contributed by atoms with van der Waals surface area (Å²) >= 11 is 0. The van der Waals surface area contributed by atoms with Crippen LogP contribution < -0.4 is 16.1 Å². The van der Waals surface area contributed by atoms with Crippen LogP contribution in [-0.4, -0.2) is 29.7 Å². The van der Waals surface area contributed by atoms with Gasteiger partial charge in [0, 0.05) is 17.9 Å². The van der Waals surface area contributed by atoms with E-state index in [9.17, 15) is 31.5 Å². The van der Waals surface area contributed by atoms with Crippen molar-refractivity contribution in [1.29, 1.82) is 0 Å². The fourth-order valence-corrected chi connectivity index (χ4v) is 3.78. The van der Waals surface area contributed by atoms with Crippen molar-refractivity contribution in [3.8, 4) is 0 Å². The Hall–Kier alpha value is -3.50. The van der Waals surface area contributed by atoms with Gasteiger partial charge in [-0.2, -0.15) is 18.3 Å². The maximum Gasteiger partial charge on any atom is 0.416 e. The van der Waals surface area contributed by atoms with Crippen LogP contribution in [0.1, 0.15) is 43.9 Å². The number of nitrogens with one attached hydrogen (secondary N) is 3. The Morgan fingerprint density at radius 2 is 1.74 bits per heavy atom. The molecule has 0 saturated carbocycles.